The lowest BCUT2D eigenvalue weighted by Crippen LogP contribution is -2.26. The fourth-order valence-corrected chi connectivity index (χ4v) is 5.75. The van der Waals surface area contributed by atoms with E-state index in [4.69, 9.17) is 4.74 Å². The molecule has 0 heterocycles. The molecule has 2 aliphatic rings. The van der Waals surface area contributed by atoms with Crippen LogP contribution in [0.1, 0.15) is 120 Å². The van der Waals surface area contributed by atoms with Crippen LogP contribution < -0.4 is 5.32 Å². The Bertz CT molecular complexity index is 608. The number of carbonyl (C=O) groups excluding carboxylic acids is 1. The van der Waals surface area contributed by atoms with Gasteiger partial charge in [-0.05, 0) is 72.5 Å². The summed E-state index contributed by atoms with van der Waals surface area (Å²) < 4.78 is 5.64. The second-order valence-electron chi connectivity index (χ2n) is 13.8. The van der Waals surface area contributed by atoms with Gasteiger partial charge < -0.3 is 10.1 Å². The van der Waals surface area contributed by atoms with Crippen LogP contribution in [0.5, 0.6) is 0 Å². The molecule has 0 unspecified atom stereocenters. The highest BCUT2D eigenvalue weighted by molar-refractivity contribution is 5.67. The molecule has 3 atom stereocenters. The first-order valence-electron chi connectivity index (χ1n) is 13.3. The number of hydrogen-bond acceptors (Lipinski definition) is 2. The maximum atomic E-state index is 12.2. The first kappa shape index (κ1) is 27.3. The van der Waals surface area contributed by atoms with Gasteiger partial charge in [0.2, 0.25) is 0 Å². The Hall–Kier alpha value is -0.990. The summed E-state index contributed by atoms with van der Waals surface area (Å²) in [5, 5.41) is 2.96. The van der Waals surface area contributed by atoms with Crippen LogP contribution in [0.3, 0.4) is 0 Å². The summed E-state index contributed by atoms with van der Waals surface area (Å²) in [5.74, 6) is 2.05. The molecule has 2 rings (SSSR count). The van der Waals surface area contributed by atoms with E-state index >= 15 is 0 Å². The van der Waals surface area contributed by atoms with Crippen LogP contribution in [-0.2, 0) is 4.74 Å². The number of carbonyl (C=O) groups is 1. The molecule has 0 aromatic carbocycles. The van der Waals surface area contributed by atoms with Gasteiger partial charge in [-0.15, -0.1) is 0 Å². The molecule has 0 radical (unpaired) electrons. The lowest BCUT2D eigenvalue weighted by Gasteiger charge is -2.35. The third-order valence-corrected chi connectivity index (χ3v) is 7.67. The highest BCUT2D eigenvalue weighted by Gasteiger charge is 2.50. The summed E-state index contributed by atoms with van der Waals surface area (Å²) in [6, 6.07) is 0. The fourth-order valence-electron chi connectivity index (χ4n) is 5.75. The number of alkyl carbamates (subject to hydrolysis) is 1. The number of nitrogens with one attached hydrogen (secondary N) is 1. The number of rotatable bonds is 8. The second-order valence-corrected chi connectivity index (χ2v) is 13.8. The second kappa shape index (κ2) is 11.0. The zero-order valence-corrected chi connectivity index (χ0v) is 22.8. The third kappa shape index (κ3) is 8.75. The molecule has 3 nitrogen and oxygen atoms in total. The molecule has 1 amide bonds. The first-order valence-corrected chi connectivity index (χ1v) is 13.3. The topological polar surface area (TPSA) is 38.3 Å². The molecule has 186 valence electrons. The highest BCUT2D eigenvalue weighted by Crippen LogP contribution is 2.56. The van der Waals surface area contributed by atoms with Crippen LogP contribution in [0.4, 0.5) is 4.79 Å². The molecule has 0 saturated heterocycles. The van der Waals surface area contributed by atoms with Crippen molar-refractivity contribution in [2.45, 2.75) is 120 Å². The molecule has 0 aromatic rings. The largest absolute Gasteiger partial charge is 0.449 e. The number of hydrogen-bond donors (Lipinski definition) is 1. The molecule has 32 heavy (non-hydrogen) atoms. The van der Waals surface area contributed by atoms with Gasteiger partial charge in [0, 0.05) is 6.54 Å². The van der Waals surface area contributed by atoms with Crippen molar-refractivity contribution < 1.29 is 9.53 Å². The minimum Gasteiger partial charge on any atom is -0.449 e. The summed E-state index contributed by atoms with van der Waals surface area (Å²) in [7, 11) is 0. The molecule has 1 saturated carbocycles. The fraction of sp³-hybridized carbons (Fsp3) is 0.897. The quantitative estimate of drug-likeness (QED) is 0.299. The van der Waals surface area contributed by atoms with Gasteiger partial charge in [0.05, 0.1) is 6.61 Å². The Morgan fingerprint density at radius 2 is 1.31 bits per heavy atom. The monoisotopic (exact) mass is 447 g/mol. The summed E-state index contributed by atoms with van der Waals surface area (Å²) >= 11 is 0. The van der Waals surface area contributed by atoms with Crippen molar-refractivity contribution >= 4 is 6.09 Å². The first-order chi connectivity index (χ1) is 14.7. The van der Waals surface area contributed by atoms with E-state index in [0.29, 0.717) is 17.9 Å². The normalized spacial score (nSPS) is 26.7. The summed E-state index contributed by atoms with van der Waals surface area (Å²) in [4.78, 5) is 12.2. The number of allylic oxidation sites excluding steroid dienone is 2. The molecule has 0 bridgehead atoms. The maximum Gasteiger partial charge on any atom is 0.407 e. The molecule has 0 aliphatic heterocycles. The average molecular weight is 448 g/mol. The summed E-state index contributed by atoms with van der Waals surface area (Å²) in [5.41, 5.74) is 4.26. The van der Waals surface area contributed by atoms with Gasteiger partial charge in [-0.3, -0.25) is 0 Å². The molecule has 0 spiro atoms. The summed E-state index contributed by atoms with van der Waals surface area (Å²) in [6.07, 6.45) is 10.7. The van der Waals surface area contributed by atoms with Gasteiger partial charge in [0.25, 0.3) is 0 Å². The average Bonchev–Trinajstić information content (AvgIpc) is 3.25. The minimum atomic E-state index is -0.220. The van der Waals surface area contributed by atoms with Crippen molar-refractivity contribution in [1.82, 2.24) is 5.32 Å². The van der Waals surface area contributed by atoms with Crippen molar-refractivity contribution in [3.05, 3.63) is 11.1 Å². The molecule has 3 heteroatoms. The van der Waals surface area contributed by atoms with E-state index < -0.39 is 0 Å². The molecule has 0 aromatic heterocycles. The van der Waals surface area contributed by atoms with E-state index in [0.717, 1.165) is 24.8 Å². The smallest absolute Gasteiger partial charge is 0.407 e. The standard InChI is InChI=1S/C29H53NO2/c1-27(2,3)18-12-10-11-13-19-30-26(31)32-20-23-21-14-16-24(28(4,5)6)25(29(7,8)9)17-15-22(21)23/h21-23H,10-20H2,1-9H3,(H,30,31)/b25-24-/t21-,22+,23-. The maximum absolute atomic E-state index is 12.2. The Morgan fingerprint density at radius 1 is 0.812 bits per heavy atom. The van der Waals surface area contributed by atoms with Crippen LogP contribution >= 0.6 is 0 Å². The number of fused-ring (bicyclic) bond motifs is 1. The van der Waals surface area contributed by atoms with E-state index in [1.54, 1.807) is 11.1 Å². The zero-order chi connectivity index (χ0) is 24.2. The Morgan fingerprint density at radius 3 is 1.78 bits per heavy atom. The van der Waals surface area contributed by atoms with Crippen LogP contribution in [0, 0.1) is 34.0 Å². The Labute approximate surface area is 199 Å². The SMILES string of the molecule is CC(C)(C)CCCCCCNC(=O)OC[C@@H]1[C@@H]2CC/C(C(C)(C)C)=C(/C(C)(C)C)CC[C@@H]21. The highest BCUT2D eigenvalue weighted by atomic mass is 16.5. The van der Waals surface area contributed by atoms with Crippen molar-refractivity contribution in [2.24, 2.45) is 34.0 Å². The number of ether oxygens (including phenoxy) is 1. The van der Waals surface area contributed by atoms with Crippen LogP contribution in [-0.4, -0.2) is 19.2 Å². The molecular weight excluding hydrogens is 394 g/mol. The van der Waals surface area contributed by atoms with E-state index in [1.807, 2.05) is 0 Å². The molecule has 1 fully saturated rings. The van der Waals surface area contributed by atoms with Gasteiger partial charge in [-0.2, -0.15) is 0 Å². The van der Waals surface area contributed by atoms with Gasteiger partial charge in [0.1, 0.15) is 0 Å². The van der Waals surface area contributed by atoms with Crippen LogP contribution in [0.2, 0.25) is 0 Å². The van der Waals surface area contributed by atoms with Crippen LogP contribution in [0.15, 0.2) is 11.1 Å². The van der Waals surface area contributed by atoms with Crippen molar-refractivity contribution in [3.8, 4) is 0 Å². The third-order valence-electron chi connectivity index (χ3n) is 7.67. The van der Waals surface area contributed by atoms with Gasteiger partial charge in [0.15, 0.2) is 0 Å². The zero-order valence-electron chi connectivity index (χ0n) is 22.8. The Kier molecular flexibility index (Phi) is 9.33. The number of amides is 1. The van der Waals surface area contributed by atoms with Crippen molar-refractivity contribution in [1.29, 1.82) is 0 Å². The van der Waals surface area contributed by atoms with E-state index in [-0.39, 0.29) is 16.9 Å². The van der Waals surface area contributed by atoms with Gasteiger partial charge in [-0.25, -0.2) is 4.79 Å². The van der Waals surface area contributed by atoms with Crippen LogP contribution in [0.25, 0.3) is 0 Å². The molecule has 2 aliphatic carbocycles. The van der Waals surface area contributed by atoms with E-state index in [9.17, 15) is 4.79 Å². The van der Waals surface area contributed by atoms with Gasteiger partial charge in [-0.1, -0.05) is 92.7 Å². The number of unbranched alkanes of at least 4 members (excludes halogenated alkanes) is 3. The van der Waals surface area contributed by atoms with Gasteiger partial charge >= 0.3 is 6.09 Å². The van der Waals surface area contributed by atoms with E-state index in [2.05, 4.69) is 67.6 Å². The lowest BCUT2D eigenvalue weighted by molar-refractivity contribution is 0.137. The predicted octanol–water partition coefficient (Wildman–Crippen LogP) is 8.53. The van der Waals surface area contributed by atoms with Crippen molar-refractivity contribution in [2.75, 3.05) is 13.2 Å². The predicted molar refractivity (Wildman–Crippen MR) is 137 cm³/mol. The van der Waals surface area contributed by atoms with Crippen molar-refractivity contribution in [3.63, 3.8) is 0 Å². The molecular formula is C29H53NO2. The lowest BCUT2D eigenvalue weighted by atomic mass is 9.71. The Balaban J connectivity index is 1.69. The summed E-state index contributed by atoms with van der Waals surface area (Å²) in [6.45, 7) is 22.5. The minimum absolute atomic E-state index is 0.220. The molecule has 1 N–H and O–H groups in total. The van der Waals surface area contributed by atoms with E-state index in [1.165, 1.54) is 51.4 Å².